The molecule has 1 unspecified atom stereocenters. The zero-order chi connectivity index (χ0) is 19.0. The molecule has 0 fully saturated rings. The average molecular weight is 378 g/mol. The van der Waals surface area contributed by atoms with Crippen LogP contribution in [0.5, 0.6) is 5.75 Å². The molecule has 0 amide bonds. The SMILES string of the molecule is COCCOc1ccc(S(=O)(=O)NC(C)CCc2ccccc2)cc1C. The van der Waals surface area contributed by atoms with Gasteiger partial charge in [-0.3, -0.25) is 0 Å². The van der Waals surface area contributed by atoms with Crippen LogP contribution < -0.4 is 9.46 Å². The Labute approximate surface area is 156 Å². The van der Waals surface area contributed by atoms with Crippen LogP contribution in [0.2, 0.25) is 0 Å². The molecule has 5 nitrogen and oxygen atoms in total. The topological polar surface area (TPSA) is 64.6 Å². The minimum absolute atomic E-state index is 0.154. The largest absolute Gasteiger partial charge is 0.491 e. The van der Waals surface area contributed by atoms with Crippen molar-refractivity contribution in [1.82, 2.24) is 4.72 Å². The van der Waals surface area contributed by atoms with E-state index in [2.05, 4.69) is 4.72 Å². The molecule has 0 aliphatic rings. The molecule has 0 saturated carbocycles. The lowest BCUT2D eigenvalue weighted by Gasteiger charge is -2.15. The maximum atomic E-state index is 12.6. The Bertz CT molecular complexity index is 791. The highest BCUT2D eigenvalue weighted by molar-refractivity contribution is 7.89. The molecule has 0 saturated heterocycles. The molecule has 0 bridgehead atoms. The highest BCUT2D eigenvalue weighted by atomic mass is 32.2. The maximum Gasteiger partial charge on any atom is 0.240 e. The molecule has 142 valence electrons. The maximum absolute atomic E-state index is 12.6. The van der Waals surface area contributed by atoms with Crippen molar-refractivity contribution in [2.24, 2.45) is 0 Å². The van der Waals surface area contributed by atoms with Crippen molar-refractivity contribution in [1.29, 1.82) is 0 Å². The molecule has 0 radical (unpaired) electrons. The molecule has 0 aromatic heterocycles. The Morgan fingerprint density at radius 1 is 1.08 bits per heavy atom. The second-order valence-corrected chi connectivity index (χ2v) is 8.03. The Hall–Kier alpha value is -1.89. The molecule has 0 heterocycles. The predicted molar refractivity (Wildman–Crippen MR) is 103 cm³/mol. The second-order valence-electron chi connectivity index (χ2n) is 6.32. The first-order valence-electron chi connectivity index (χ1n) is 8.71. The lowest BCUT2D eigenvalue weighted by molar-refractivity contribution is 0.146. The summed E-state index contributed by atoms with van der Waals surface area (Å²) in [6, 6.07) is 14.8. The summed E-state index contributed by atoms with van der Waals surface area (Å²) in [5.41, 5.74) is 1.98. The molecule has 1 N–H and O–H groups in total. The van der Waals surface area contributed by atoms with Crippen LogP contribution in [0.3, 0.4) is 0 Å². The molecule has 1 atom stereocenters. The van der Waals surface area contributed by atoms with Crippen molar-refractivity contribution in [2.45, 2.75) is 37.6 Å². The van der Waals surface area contributed by atoms with Gasteiger partial charge in [0.05, 0.1) is 11.5 Å². The van der Waals surface area contributed by atoms with E-state index in [0.717, 1.165) is 18.4 Å². The molecule has 2 aromatic carbocycles. The van der Waals surface area contributed by atoms with Crippen molar-refractivity contribution < 1.29 is 17.9 Å². The number of hydrogen-bond acceptors (Lipinski definition) is 4. The zero-order valence-electron chi connectivity index (χ0n) is 15.6. The molecule has 26 heavy (non-hydrogen) atoms. The van der Waals surface area contributed by atoms with Gasteiger partial charge >= 0.3 is 0 Å². The fraction of sp³-hybridized carbons (Fsp3) is 0.400. The normalized spacial score (nSPS) is 12.7. The number of nitrogens with one attached hydrogen (secondary N) is 1. The molecule has 0 aliphatic carbocycles. The number of aryl methyl sites for hydroxylation is 2. The average Bonchev–Trinajstić information content (AvgIpc) is 2.62. The first kappa shape index (κ1) is 20.4. The van der Waals surface area contributed by atoms with Crippen molar-refractivity contribution in [3.8, 4) is 5.75 Å². The van der Waals surface area contributed by atoms with Gasteiger partial charge < -0.3 is 9.47 Å². The summed E-state index contributed by atoms with van der Waals surface area (Å²) in [5, 5.41) is 0. The van der Waals surface area contributed by atoms with Crippen molar-refractivity contribution in [3.05, 3.63) is 59.7 Å². The van der Waals surface area contributed by atoms with Gasteiger partial charge in [0.25, 0.3) is 0 Å². The smallest absolute Gasteiger partial charge is 0.240 e. The van der Waals surface area contributed by atoms with Crippen LogP contribution in [0.4, 0.5) is 0 Å². The molecule has 0 aliphatic heterocycles. The number of methoxy groups -OCH3 is 1. The lowest BCUT2D eigenvalue weighted by Crippen LogP contribution is -2.33. The van der Waals surface area contributed by atoms with E-state index < -0.39 is 10.0 Å². The van der Waals surface area contributed by atoms with Crippen LogP contribution >= 0.6 is 0 Å². The number of hydrogen-bond donors (Lipinski definition) is 1. The van der Waals surface area contributed by atoms with E-state index in [0.29, 0.717) is 19.0 Å². The molecule has 2 aromatic rings. The monoisotopic (exact) mass is 377 g/mol. The highest BCUT2D eigenvalue weighted by Gasteiger charge is 2.18. The number of benzene rings is 2. The van der Waals surface area contributed by atoms with Gasteiger partial charge in [0.1, 0.15) is 12.4 Å². The van der Waals surface area contributed by atoms with Crippen LogP contribution in [0, 0.1) is 6.92 Å². The van der Waals surface area contributed by atoms with Crippen LogP contribution in [0.1, 0.15) is 24.5 Å². The van der Waals surface area contributed by atoms with E-state index in [1.807, 2.05) is 44.2 Å². The van der Waals surface area contributed by atoms with Gasteiger partial charge in [-0.2, -0.15) is 0 Å². The summed E-state index contributed by atoms with van der Waals surface area (Å²) in [4.78, 5) is 0.251. The van der Waals surface area contributed by atoms with Gasteiger partial charge in [0, 0.05) is 13.2 Å². The van der Waals surface area contributed by atoms with Gasteiger partial charge in [0.2, 0.25) is 10.0 Å². The summed E-state index contributed by atoms with van der Waals surface area (Å²) in [6.07, 6.45) is 1.57. The number of ether oxygens (including phenoxy) is 2. The predicted octanol–water partition coefficient (Wildman–Crippen LogP) is 3.32. The van der Waals surface area contributed by atoms with Crippen LogP contribution in [-0.4, -0.2) is 34.8 Å². The van der Waals surface area contributed by atoms with E-state index in [9.17, 15) is 8.42 Å². The summed E-state index contributed by atoms with van der Waals surface area (Å²) >= 11 is 0. The number of rotatable bonds is 10. The van der Waals surface area contributed by atoms with Crippen molar-refractivity contribution in [2.75, 3.05) is 20.3 Å². The molecule has 0 spiro atoms. The quantitative estimate of drug-likeness (QED) is 0.645. The van der Waals surface area contributed by atoms with E-state index in [1.165, 1.54) is 5.56 Å². The summed E-state index contributed by atoms with van der Waals surface area (Å²) in [5.74, 6) is 0.665. The lowest BCUT2D eigenvalue weighted by atomic mass is 10.1. The Morgan fingerprint density at radius 2 is 1.81 bits per heavy atom. The molecular weight excluding hydrogens is 350 g/mol. The van der Waals surface area contributed by atoms with Gasteiger partial charge in [-0.05, 0) is 56.0 Å². The third kappa shape index (κ3) is 6.12. The first-order chi connectivity index (χ1) is 12.4. The van der Waals surface area contributed by atoms with Crippen LogP contribution in [-0.2, 0) is 21.2 Å². The molecule has 2 rings (SSSR count). The summed E-state index contributed by atoms with van der Waals surface area (Å²) in [7, 11) is -1.95. The summed E-state index contributed by atoms with van der Waals surface area (Å²) < 4.78 is 38.5. The van der Waals surface area contributed by atoms with Gasteiger partial charge in [-0.15, -0.1) is 0 Å². The minimum Gasteiger partial charge on any atom is -0.491 e. The van der Waals surface area contributed by atoms with E-state index in [1.54, 1.807) is 25.3 Å². The Morgan fingerprint density at radius 3 is 2.46 bits per heavy atom. The third-order valence-electron chi connectivity index (χ3n) is 4.07. The third-order valence-corrected chi connectivity index (χ3v) is 5.65. The van der Waals surface area contributed by atoms with Gasteiger partial charge in [-0.25, -0.2) is 13.1 Å². The Balaban J connectivity index is 1.96. The molecular formula is C20H27NO4S. The summed E-state index contributed by atoms with van der Waals surface area (Å²) in [6.45, 7) is 4.63. The Kier molecular flexibility index (Phi) is 7.63. The van der Waals surface area contributed by atoms with Gasteiger partial charge in [-0.1, -0.05) is 30.3 Å². The van der Waals surface area contributed by atoms with Crippen LogP contribution in [0.15, 0.2) is 53.4 Å². The van der Waals surface area contributed by atoms with E-state index in [-0.39, 0.29) is 10.9 Å². The highest BCUT2D eigenvalue weighted by Crippen LogP contribution is 2.22. The molecule has 6 heteroatoms. The minimum atomic E-state index is -3.56. The van der Waals surface area contributed by atoms with Crippen LogP contribution in [0.25, 0.3) is 0 Å². The second kappa shape index (κ2) is 9.71. The van der Waals surface area contributed by atoms with E-state index in [4.69, 9.17) is 9.47 Å². The standard InChI is InChI=1S/C20H27NO4S/c1-16-15-19(11-12-20(16)25-14-13-24-3)26(22,23)21-17(2)9-10-18-7-5-4-6-8-18/h4-8,11-12,15,17,21H,9-10,13-14H2,1-3H3. The van der Waals surface area contributed by atoms with Gasteiger partial charge in [0.15, 0.2) is 0 Å². The fourth-order valence-electron chi connectivity index (χ4n) is 2.61. The van der Waals surface area contributed by atoms with E-state index >= 15 is 0 Å². The van der Waals surface area contributed by atoms with Crippen molar-refractivity contribution >= 4 is 10.0 Å². The number of sulfonamides is 1. The first-order valence-corrected chi connectivity index (χ1v) is 10.2. The van der Waals surface area contributed by atoms with Crippen molar-refractivity contribution in [3.63, 3.8) is 0 Å². The zero-order valence-corrected chi connectivity index (χ0v) is 16.4. The fourth-order valence-corrected chi connectivity index (χ4v) is 3.97.